The number of rotatable bonds is 0. The smallest absolute Gasteiger partial charge is 0.162 e. The Kier molecular flexibility index (Phi) is 5.47. The molecule has 1 aromatic heterocycles. The highest BCUT2D eigenvalue weighted by atomic mass is 16.1. The zero-order valence-corrected chi connectivity index (χ0v) is 13.8. The van der Waals surface area contributed by atoms with Crippen molar-refractivity contribution < 1.29 is 9.59 Å². The number of ketones is 2. The highest BCUT2D eigenvalue weighted by molar-refractivity contribution is 5.97. The molecule has 2 aromatic rings. The fourth-order valence-corrected chi connectivity index (χ4v) is 3.16. The molecular formula is C20H22N2O2. The fourth-order valence-electron chi connectivity index (χ4n) is 3.16. The van der Waals surface area contributed by atoms with E-state index < -0.39 is 0 Å². The van der Waals surface area contributed by atoms with Crippen LogP contribution in [0.4, 0.5) is 0 Å². The summed E-state index contributed by atoms with van der Waals surface area (Å²) in [5.41, 5.74) is 3.62. The van der Waals surface area contributed by atoms with Gasteiger partial charge in [0.05, 0.1) is 5.69 Å². The number of nitrogens with zero attached hydrogens (tertiary/aromatic N) is 2. The number of hydrogen-bond acceptors (Lipinski definition) is 4. The third-order valence-electron chi connectivity index (χ3n) is 4.52. The van der Waals surface area contributed by atoms with Crippen LogP contribution >= 0.6 is 0 Å². The number of hydrogen-bond donors (Lipinski definition) is 0. The van der Waals surface area contributed by atoms with Crippen LogP contribution in [-0.2, 0) is 11.2 Å². The average Bonchev–Trinajstić information content (AvgIpc) is 2.62. The Balaban J connectivity index is 1.92. The Morgan fingerprint density at radius 1 is 0.792 bits per heavy atom. The van der Waals surface area contributed by atoms with E-state index in [0.717, 1.165) is 48.9 Å². The zero-order valence-electron chi connectivity index (χ0n) is 13.8. The lowest BCUT2D eigenvalue weighted by Gasteiger charge is -2.09. The summed E-state index contributed by atoms with van der Waals surface area (Å²) in [4.78, 5) is 24.3. The minimum Gasteiger partial charge on any atom is -0.300 e. The molecule has 0 atom stereocenters. The first kappa shape index (κ1) is 16.5. The summed E-state index contributed by atoms with van der Waals surface area (Å²) < 4.78 is 0. The molecule has 2 bridgehead atoms. The van der Waals surface area contributed by atoms with Crippen LogP contribution in [0.2, 0.25) is 0 Å². The third kappa shape index (κ3) is 4.13. The molecule has 0 saturated heterocycles. The van der Waals surface area contributed by atoms with Gasteiger partial charge in [-0.1, -0.05) is 18.2 Å². The largest absolute Gasteiger partial charge is 0.300 e. The van der Waals surface area contributed by atoms with E-state index in [0.29, 0.717) is 30.6 Å². The zero-order chi connectivity index (χ0) is 16.8. The first-order valence-electron chi connectivity index (χ1n) is 8.70. The van der Waals surface area contributed by atoms with Crippen LogP contribution in [0, 0.1) is 0 Å². The quantitative estimate of drug-likeness (QED) is 0.730. The maximum Gasteiger partial charge on any atom is 0.162 e. The summed E-state index contributed by atoms with van der Waals surface area (Å²) >= 11 is 0. The highest BCUT2D eigenvalue weighted by Gasteiger charge is 2.12. The monoisotopic (exact) mass is 322 g/mol. The molecule has 124 valence electrons. The van der Waals surface area contributed by atoms with Crippen molar-refractivity contribution in [3.05, 3.63) is 47.7 Å². The fraction of sp³-hybridized carbons (Fsp3) is 0.400. The molecule has 0 unspecified atom stereocenters. The number of benzene rings is 1. The Hall–Kier alpha value is -2.36. The van der Waals surface area contributed by atoms with Gasteiger partial charge in [-0.3, -0.25) is 9.59 Å². The van der Waals surface area contributed by atoms with Crippen molar-refractivity contribution in [3.63, 3.8) is 0 Å². The van der Waals surface area contributed by atoms with E-state index in [9.17, 15) is 9.59 Å². The van der Waals surface area contributed by atoms with E-state index in [4.69, 9.17) is 0 Å². The molecule has 1 aliphatic carbocycles. The van der Waals surface area contributed by atoms with E-state index in [1.54, 1.807) is 6.20 Å². The predicted molar refractivity (Wildman–Crippen MR) is 92.8 cm³/mol. The molecule has 0 spiro atoms. The molecule has 1 aromatic carbocycles. The number of Topliss-reactive ketones (excluding diaryl/α,β-unsaturated/α-hetero) is 2. The maximum absolute atomic E-state index is 12.4. The third-order valence-corrected chi connectivity index (χ3v) is 4.52. The molecule has 24 heavy (non-hydrogen) atoms. The van der Waals surface area contributed by atoms with Crippen molar-refractivity contribution in [2.45, 2.75) is 51.4 Å². The van der Waals surface area contributed by atoms with Crippen molar-refractivity contribution in [1.82, 2.24) is 10.2 Å². The molecule has 4 heteroatoms. The van der Waals surface area contributed by atoms with Crippen molar-refractivity contribution in [2.75, 3.05) is 0 Å². The van der Waals surface area contributed by atoms with Crippen molar-refractivity contribution in [2.24, 2.45) is 0 Å². The van der Waals surface area contributed by atoms with E-state index in [2.05, 4.69) is 10.2 Å². The number of aromatic nitrogens is 2. The van der Waals surface area contributed by atoms with Gasteiger partial charge in [0.1, 0.15) is 5.78 Å². The Bertz CT molecular complexity index is 740. The summed E-state index contributed by atoms with van der Waals surface area (Å²) in [6, 6.07) is 9.64. The lowest BCUT2D eigenvalue weighted by Crippen LogP contribution is -2.01. The SMILES string of the molecule is O=C1CCCCC(=O)c2cccc(c2)-c2nnccc2CCCC1. The van der Waals surface area contributed by atoms with Gasteiger partial charge in [0.15, 0.2) is 5.78 Å². The molecule has 4 nitrogen and oxygen atoms in total. The van der Waals surface area contributed by atoms with Crippen LogP contribution in [0.1, 0.15) is 60.9 Å². The summed E-state index contributed by atoms with van der Waals surface area (Å²) in [5.74, 6) is 0.440. The molecular weight excluding hydrogens is 300 g/mol. The number of carbonyl (C=O) groups is 2. The van der Waals surface area contributed by atoms with E-state index >= 15 is 0 Å². The Labute approximate surface area is 142 Å². The topological polar surface area (TPSA) is 59.9 Å². The summed E-state index contributed by atoms with van der Waals surface area (Å²) in [7, 11) is 0. The van der Waals surface area contributed by atoms with E-state index in [-0.39, 0.29) is 5.78 Å². The molecule has 0 saturated carbocycles. The minimum atomic E-state index is 0.129. The summed E-state index contributed by atoms with van der Waals surface area (Å²) in [5, 5.41) is 8.30. The Morgan fingerprint density at radius 3 is 2.33 bits per heavy atom. The summed E-state index contributed by atoms with van der Waals surface area (Å²) in [6.07, 6.45) is 7.72. The standard InChI is InChI=1S/C20H22N2O2/c23-18-9-2-1-6-15-12-13-21-22-20(15)17-8-5-7-16(14-17)19(24)11-4-3-10-18/h5,7-8,12-14H,1-4,6,9-11H2. The predicted octanol–water partition coefficient (Wildman–Crippen LogP) is 4.18. The van der Waals surface area contributed by atoms with Gasteiger partial charge in [-0.2, -0.15) is 10.2 Å². The van der Waals surface area contributed by atoms with Crippen LogP contribution in [-0.4, -0.2) is 21.8 Å². The molecule has 0 radical (unpaired) electrons. The van der Waals surface area contributed by atoms with Crippen LogP contribution in [0.5, 0.6) is 0 Å². The highest BCUT2D eigenvalue weighted by Crippen LogP contribution is 2.24. The van der Waals surface area contributed by atoms with E-state index in [1.807, 2.05) is 30.3 Å². The number of carbonyl (C=O) groups excluding carboxylic acids is 2. The molecule has 1 heterocycles. The molecule has 3 rings (SSSR count). The van der Waals surface area contributed by atoms with Gasteiger partial charge in [0, 0.05) is 36.6 Å². The van der Waals surface area contributed by atoms with Gasteiger partial charge in [-0.15, -0.1) is 0 Å². The van der Waals surface area contributed by atoms with Gasteiger partial charge in [0.25, 0.3) is 0 Å². The van der Waals surface area contributed by atoms with Crippen LogP contribution in [0.15, 0.2) is 36.5 Å². The van der Waals surface area contributed by atoms with Gasteiger partial charge in [-0.05, 0) is 49.8 Å². The second kappa shape index (κ2) is 7.95. The second-order valence-corrected chi connectivity index (χ2v) is 6.36. The molecule has 0 aliphatic heterocycles. The van der Waals surface area contributed by atoms with Crippen molar-refractivity contribution >= 4 is 11.6 Å². The first-order valence-corrected chi connectivity index (χ1v) is 8.70. The van der Waals surface area contributed by atoms with Gasteiger partial charge in [-0.25, -0.2) is 0 Å². The van der Waals surface area contributed by atoms with Crippen LogP contribution in [0.3, 0.4) is 0 Å². The lowest BCUT2D eigenvalue weighted by molar-refractivity contribution is -0.119. The van der Waals surface area contributed by atoms with Crippen LogP contribution in [0.25, 0.3) is 11.3 Å². The number of aryl methyl sites for hydroxylation is 1. The molecule has 0 N–H and O–H groups in total. The van der Waals surface area contributed by atoms with E-state index in [1.165, 1.54) is 0 Å². The molecule has 1 aliphatic rings. The number of fused-ring (bicyclic) bond motifs is 4. The van der Waals surface area contributed by atoms with Gasteiger partial charge < -0.3 is 0 Å². The minimum absolute atomic E-state index is 0.129. The summed E-state index contributed by atoms with van der Waals surface area (Å²) in [6.45, 7) is 0. The normalized spacial score (nSPS) is 16.8. The maximum atomic E-state index is 12.4. The lowest BCUT2D eigenvalue weighted by atomic mass is 9.98. The van der Waals surface area contributed by atoms with Crippen molar-refractivity contribution in [1.29, 1.82) is 0 Å². The van der Waals surface area contributed by atoms with Crippen LogP contribution < -0.4 is 0 Å². The average molecular weight is 322 g/mol. The van der Waals surface area contributed by atoms with Crippen molar-refractivity contribution in [3.8, 4) is 11.3 Å². The Morgan fingerprint density at radius 2 is 1.50 bits per heavy atom. The second-order valence-electron chi connectivity index (χ2n) is 6.36. The molecule has 0 amide bonds. The van der Waals surface area contributed by atoms with Gasteiger partial charge in [0.2, 0.25) is 0 Å². The first-order chi connectivity index (χ1) is 11.7. The van der Waals surface area contributed by atoms with Gasteiger partial charge >= 0.3 is 0 Å². The molecule has 0 fully saturated rings.